The molecule has 1 rings (SSSR count). The molecule has 0 saturated heterocycles. The summed E-state index contributed by atoms with van der Waals surface area (Å²) < 4.78 is 0. The van der Waals surface area contributed by atoms with Crippen LogP contribution in [0.5, 0.6) is 0 Å². The molecule has 0 fully saturated rings. The summed E-state index contributed by atoms with van der Waals surface area (Å²) in [5.41, 5.74) is 5.81. The van der Waals surface area contributed by atoms with Crippen molar-refractivity contribution < 1.29 is 4.79 Å². The Kier molecular flexibility index (Phi) is 4.78. The number of nitrogens with two attached hydrogens (primary N) is 1. The summed E-state index contributed by atoms with van der Waals surface area (Å²) in [4.78, 5) is 18.4. The maximum atomic E-state index is 12.6. The first-order valence-corrected chi connectivity index (χ1v) is 6.38. The summed E-state index contributed by atoms with van der Waals surface area (Å²) >= 11 is 5.09. The molecule has 2 N–H and O–H groups in total. The summed E-state index contributed by atoms with van der Waals surface area (Å²) in [6, 6.07) is 3.57. The lowest BCUT2D eigenvalue weighted by molar-refractivity contribution is -0.124. The number of anilines is 1. The van der Waals surface area contributed by atoms with Crippen LogP contribution in [0.4, 0.5) is 5.69 Å². The fourth-order valence-corrected chi connectivity index (χ4v) is 2.39. The van der Waals surface area contributed by atoms with E-state index in [1.54, 1.807) is 36.5 Å². The Morgan fingerprint density at radius 3 is 2.28 bits per heavy atom. The van der Waals surface area contributed by atoms with Crippen LogP contribution in [-0.4, -0.2) is 22.9 Å². The standard InChI is InChI=1S/C13H19N3OS/c1-4-13(5-2,11(14)18)12(17)16(3)10-6-8-15-9-7-10/h6-9H,4-5H2,1-3H3,(H2,14,18). The van der Waals surface area contributed by atoms with Crippen molar-refractivity contribution >= 4 is 28.8 Å². The topological polar surface area (TPSA) is 59.2 Å². The Morgan fingerprint density at radius 1 is 1.39 bits per heavy atom. The summed E-state index contributed by atoms with van der Waals surface area (Å²) in [5, 5.41) is 0. The third kappa shape index (κ3) is 2.51. The second-order valence-corrected chi connectivity index (χ2v) is 4.66. The monoisotopic (exact) mass is 265 g/mol. The lowest BCUT2D eigenvalue weighted by atomic mass is 9.80. The van der Waals surface area contributed by atoms with Crippen LogP contribution in [0.15, 0.2) is 24.5 Å². The molecule has 0 aliphatic heterocycles. The zero-order valence-electron chi connectivity index (χ0n) is 11.0. The molecule has 5 heteroatoms. The Balaban J connectivity index is 3.09. The van der Waals surface area contributed by atoms with E-state index in [0.29, 0.717) is 12.8 Å². The minimum absolute atomic E-state index is 0.0637. The molecule has 0 unspecified atom stereocenters. The third-order valence-corrected chi connectivity index (χ3v) is 3.83. The first kappa shape index (κ1) is 14.6. The fraction of sp³-hybridized carbons (Fsp3) is 0.462. The van der Waals surface area contributed by atoms with Crippen LogP contribution < -0.4 is 10.6 Å². The number of carbonyl (C=O) groups is 1. The number of thiocarbonyl (C=S) groups is 1. The lowest BCUT2D eigenvalue weighted by Gasteiger charge is -2.33. The van der Waals surface area contributed by atoms with Crippen molar-refractivity contribution in [3.63, 3.8) is 0 Å². The van der Waals surface area contributed by atoms with Gasteiger partial charge in [0.2, 0.25) is 5.91 Å². The average molecular weight is 265 g/mol. The predicted molar refractivity (Wildman–Crippen MR) is 77.4 cm³/mol. The molecule has 1 aromatic rings. The first-order valence-electron chi connectivity index (χ1n) is 5.97. The van der Waals surface area contributed by atoms with Crippen LogP contribution in [0.25, 0.3) is 0 Å². The van der Waals surface area contributed by atoms with Gasteiger partial charge in [0.15, 0.2) is 0 Å². The van der Waals surface area contributed by atoms with E-state index in [0.717, 1.165) is 5.69 Å². The molecule has 0 saturated carbocycles. The van der Waals surface area contributed by atoms with Crippen molar-refractivity contribution in [3.05, 3.63) is 24.5 Å². The van der Waals surface area contributed by atoms with Gasteiger partial charge in [0.05, 0.1) is 10.4 Å². The number of pyridine rings is 1. The first-order chi connectivity index (χ1) is 8.49. The summed E-state index contributed by atoms with van der Waals surface area (Å²) in [5.74, 6) is -0.0637. The second-order valence-electron chi connectivity index (χ2n) is 4.22. The van der Waals surface area contributed by atoms with E-state index in [-0.39, 0.29) is 10.9 Å². The van der Waals surface area contributed by atoms with Gasteiger partial charge in [-0.3, -0.25) is 9.78 Å². The summed E-state index contributed by atoms with van der Waals surface area (Å²) in [6.07, 6.45) is 4.51. The molecule has 18 heavy (non-hydrogen) atoms. The van der Waals surface area contributed by atoms with Gasteiger partial charge in [-0.2, -0.15) is 0 Å². The van der Waals surface area contributed by atoms with Gasteiger partial charge in [0.25, 0.3) is 0 Å². The molecule has 0 atom stereocenters. The number of hydrogen-bond donors (Lipinski definition) is 1. The van der Waals surface area contributed by atoms with Crippen LogP contribution in [0.1, 0.15) is 26.7 Å². The average Bonchev–Trinajstić information content (AvgIpc) is 2.40. The number of hydrogen-bond acceptors (Lipinski definition) is 3. The molecule has 1 heterocycles. The highest BCUT2D eigenvalue weighted by atomic mass is 32.1. The summed E-state index contributed by atoms with van der Waals surface area (Å²) in [6.45, 7) is 3.86. The van der Waals surface area contributed by atoms with E-state index in [2.05, 4.69) is 4.98 Å². The van der Waals surface area contributed by atoms with E-state index in [4.69, 9.17) is 18.0 Å². The molecule has 1 aromatic heterocycles. The molecule has 98 valence electrons. The molecule has 1 amide bonds. The van der Waals surface area contributed by atoms with Gasteiger partial charge in [0.1, 0.15) is 0 Å². The van der Waals surface area contributed by atoms with E-state index >= 15 is 0 Å². The Morgan fingerprint density at radius 2 is 1.89 bits per heavy atom. The van der Waals surface area contributed by atoms with Crippen molar-refractivity contribution in [1.82, 2.24) is 4.98 Å². The van der Waals surface area contributed by atoms with Gasteiger partial charge < -0.3 is 10.6 Å². The normalized spacial score (nSPS) is 11.1. The highest BCUT2D eigenvalue weighted by Gasteiger charge is 2.40. The highest BCUT2D eigenvalue weighted by Crippen LogP contribution is 2.30. The second kappa shape index (κ2) is 5.91. The Labute approximate surface area is 113 Å². The summed E-state index contributed by atoms with van der Waals surface area (Å²) in [7, 11) is 1.73. The van der Waals surface area contributed by atoms with Crippen LogP contribution in [-0.2, 0) is 4.79 Å². The highest BCUT2D eigenvalue weighted by molar-refractivity contribution is 7.80. The maximum Gasteiger partial charge on any atom is 0.239 e. The number of rotatable bonds is 5. The molecule has 0 aliphatic rings. The Hall–Kier alpha value is -1.49. The molecule has 0 spiro atoms. The molecule has 0 aliphatic carbocycles. The Bertz CT molecular complexity index is 429. The van der Waals surface area contributed by atoms with E-state index in [9.17, 15) is 4.79 Å². The van der Waals surface area contributed by atoms with Crippen molar-refractivity contribution in [1.29, 1.82) is 0 Å². The van der Waals surface area contributed by atoms with E-state index in [1.807, 2.05) is 13.8 Å². The van der Waals surface area contributed by atoms with Gasteiger partial charge >= 0.3 is 0 Å². The molecule has 0 aromatic carbocycles. The van der Waals surface area contributed by atoms with Gasteiger partial charge in [-0.05, 0) is 25.0 Å². The zero-order chi connectivity index (χ0) is 13.8. The third-order valence-electron chi connectivity index (χ3n) is 3.44. The molecular weight excluding hydrogens is 246 g/mol. The quantitative estimate of drug-likeness (QED) is 0.829. The van der Waals surface area contributed by atoms with Gasteiger partial charge in [-0.1, -0.05) is 26.1 Å². The molecule has 4 nitrogen and oxygen atoms in total. The molecule has 0 radical (unpaired) electrons. The lowest BCUT2D eigenvalue weighted by Crippen LogP contribution is -2.49. The molecular formula is C13H19N3OS. The van der Waals surface area contributed by atoms with Gasteiger partial charge in [-0.15, -0.1) is 0 Å². The zero-order valence-corrected chi connectivity index (χ0v) is 11.8. The largest absolute Gasteiger partial charge is 0.392 e. The van der Waals surface area contributed by atoms with Crippen molar-refractivity contribution in [2.45, 2.75) is 26.7 Å². The number of carbonyl (C=O) groups excluding carboxylic acids is 1. The minimum atomic E-state index is -0.757. The van der Waals surface area contributed by atoms with Crippen molar-refractivity contribution in [3.8, 4) is 0 Å². The van der Waals surface area contributed by atoms with Crippen LogP contribution in [0.2, 0.25) is 0 Å². The fourth-order valence-electron chi connectivity index (χ4n) is 2.01. The number of aromatic nitrogens is 1. The van der Waals surface area contributed by atoms with Crippen molar-refractivity contribution in [2.75, 3.05) is 11.9 Å². The van der Waals surface area contributed by atoms with Gasteiger partial charge in [-0.25, -0.2) is 0 Å². The maximum absolute atomic E-state index is 12.6. The van der Waals surface area contributed by atoms with Crippen LogP contribution in [0, 0.1) is 5.41 Å². The predicted octanol–water partition coefficient (Wildman–Crippen LogP) is 2.14. The van der Waals surface area contributed by atoms with Crippen molar-refractivity contribution in [2.24, 2.45) is 11.1 Å². The minimum Gasteiger partial charge on any atom is -0.392 e. The SMILES string of the molecule is CCC(CC)(C(=O)N(C)c1ccncc1)C(N)=S. The van der Waals surface area contributed by atoms with E-state index in [1.165, 1.54) is 0 Å². The van der Waals surface area contributed by atoms with Gasteiger partial charge in [0, 0.05) is 25.1 Å². The number of amides is 1. The smallest absolute Gasteiger partial charge is 0.239 e. The molecule has 0 bridgehead atoms. The van der Waals surface area contributed by atoms with Crippen LogP contribution >= 0.6 is 12.2 Å². The van der Waals surface area contributed by atoms with Crippen LogP contribution in [0.3, 0.4) is 0 Å². The number of nitrogens with zero attached hydrogens (tertiary/aromatic N) is 2. The van der Waals surface area contributed by atoms with E-state index < -0.39 is 5.41 Å².